The molecule has 0 amide bonds. The second-order valence-corrected chi connectivity index (χ2v) is 9.05. The average Bonchev–Trinajstić information content (AvgIpc) is 3.14. The van der Waals surface area contributed by atoms with E-state index < -0.39 is 10.1 Å². The molecule has 10 nitrogen and oxygen atoms in total. The van der Waals surface area contributed by atoms with Crippen molar-refractivity contribution in [1.29, 1.82) is 5.26 Å². The van der Waals surface area contributed by atoms with Crippen LogP contribution in [0.4, 0.5) is 22.3 Å². The van der Waals surface area contributed by atoms with Gasteiger partial charge in [-0.15, -0.1) is 10.2 Å². The maximum absolute atomic E-state index is 9.59. The maximum atomic E-state index is 9.59. The number of benzene rings is 1. The van der Waals surface area contributed by atoms with Crippen LogP contribution in [0.3, 0.4) is 0 Å². The number of azo groups is 1. The third-order valence-corrected chi connectivity index (χ3v) is 4.87. The summed E-state index contributed by atoms with van der Waals surface area (Å²) in [6.45, 7) is 5.12. The molecule has 1 aromatic carbocycles. The molecular formula is C19H23N7O3S3. The number of nitrogens with one attached hydrogen (secondary N) is 2. The van der Waals surface area contributed by atoms with Crippen molar-refractivity contribution in [3.8, 4) is 6.07 Å². The molecule has 3 aromatic rings. The van der Waals surface area contributed by atoms with Gasteiger partial charge < -0.3 is 10.6 Å². The van der Waals surface area contributed by atoms with Crippen molar-refractivity contribution >= 4 is 67.5 Å². The molecule has 3 N–H and O–H groups in total. The van der Waals surface area contributed by atoms with Gasteiger partial charge in [0.1, 0.15) is 17.6 Å². The lowest BCUT2D eigenvalue weighted by Gasteiger charge is -2.14. The number of aromatic nitrogens is 2. The zero-order valence-corrected chi connectivity index (χ0v) is 20.2. The standard InChI is InChI=1S/C18H19N7S2.CH4O3S/c1-3-20-17-15(11(2)13(10-19)16(22-17)21-8-9-26)23-24-18-12-6-4-5-7-14(12)25-27-18;1-5(2,3)4/h4-7,26H,3,8-9H2,1-2H3,(H2,20,21,22);1H3,(H,2,3,4). The molecule has 0 radical (unpaired) electrons. The van der Waals surface area contributed by atoms with E-state index in [1.165, 1.54) is 11.5 Å². The molecule has 32 heavy (non-hydrogen) atoms. The monoisotopic (exact) mass is 493 g/mol. The molecule has 0 saturated heterocycles. The summed E-state index contributed by atoms with van der Waals surface area (Å²) in [4.78, 5) is 4.55. The SMILES string of the molecule is CCNc1nc(NCCS)c(C#N)c(C)c1N=Nc1snc2ccccc12.CS(=O)(=O)O. The summed E-state index contributed by atoms with van der Waals surface area (Å²) >= 11 is 5.49. The predicted molar refractivity (Wildman–Crippen MR) is 131 cm³/mol. The number of rotatable bonds is 7. The first-order valence-electron chi connectivity index (χ1n) is 9.41. The molecule has 13 heteroatoms. The maximum Gasteiger partial charge on any atom is 0.261 e. The molecular weight excluding hydrogens is 470 g/mol. The zero-order chi connectivity index (χ0) is 23.7. The van der Waals surface area contributed by atoms with E-state index in [4.69, 9.17) is 4.55 Å². The van der Waals surface area contributed by atoms with Crippen molar-refractivity contribution in [2.24, 2.45) is 10.2 Å². The Morgan fingerprint density at radius 2 is 1.94 bits per heavy atom. The number of hydrogen-bond acceptors (Lipinski definition) is 11. The molecule has 3 rings (SSSR count). The molecule has 0 unspecified atom stereocenters. The van der Waals surface area contributed by atoms with Crippen molar-refractivity contribution in [3.63, 3.8) is 0 Å². The highest BCUT2D eigenvalue weighted by atomic mass is 32.2. The summed E-state index contributed by atoms with van der Waals surface area (Å²) in [6.07, 6.45) is 0.715. The van der Waals surface area contributed by atoms with Crippen LogP contribution in [-0.4, -0.2) is 47.4 Å². The van der Waals surface area contributed by atoms with E-state index in [0.717, 1.165) is 21.5 Å². The van der Waals surface area contributed by atoms with Crippen molar-refractivity contribution in [2.45, 2.75) is 13.8 Å². The highest BCUT2D eigenvalue weighted by Gasteiger charge is 2.17. The Morgan fingerprint density at radius 1 is 1.25 bits per heavy atom. The lowest BCUT2D eigenvalue weighted by Crippen LogP contribution is -2.10. The van der Waals surface area contributed by atoms with E-state index in [1.54, 1.807) is 0 Å². The Bertz CT molecular complexity index is 1240. The van der Waals surface area contributed by atoms with E-state index in [0.29, 0.717) is 48.0 Å². The quantitative estimate of drug-likeness (QED) is 0.212. The van der Waals surface area contributed by atoms with Gasteiger partial charge in [-0.25, -0.2) is 4.98 Å². The number of anilines is 2. The van der Waals surface area contributed by atoms with E-state index in [2.05, 4.69) is 48.9 Å². The third kappa shape index (κ3) is 7.13. The van der Waals surface area contributed by atoms with Crippen LogP contribution >= 0.6 is 24.2 Å². The zero-order valence-electron chi connectivity index (χ0n) is 17.7. The van der Waals surface area contributed by atoms with Crippen LogP contribution in [0.1, 0.15) is 18.1 Å². The number of thiol groups is 1. The van der Waals surface area contributed by atoms with Crippen molar-refractivity contribution in [2.75, 3.05) is 35.7 Å². The summed E-state index contributed by atoms with van der Waals surface area (Å²) < 4.78 is 30.2. The highest BCUT2D eigenvalue weighted by molar-refractivity contribution is 7.85. The van der Waals surface area contributed by atoms with Crippen LogP contribution in [-0.2, 0) is 10.1 Å². The molecule has 0 aliphatic rings. The van der Waals surface area contributed by atoms with Crippen LogP contribution in [0.15, 0.2) is 34.5 Å². The minimum atomic E-state index is -3.67. The fourth-order valence-corrected chi connectivity index (χ4v) is 3.39. The van der Waals surface area contributed by atoms with Crippen LogP contribution in [0.2, 0.25) is 0 Å². The molecule has 170 valence electrons. The topological polar surface area (TPSA) is 153 Å². The van der Waals surface area contributed by atoms with E-state index in [9.17, 15) is 13.7 Å². The number of nitrogens with zero attached hydrogens (tertiary/aromatic N) is 5. The van der Waals surface area contributed by atoms with Gasteiger partial charge >= 0.3 is 0 Å². The Morgan fingerprint density at radius 3 is 2.56 bits per heavy atom. The second-order valence-electron chi connectivity index (χ2n) is 6.39. The Hall–Kier alpha value is -2.79. The van der Waals surface area contributed by atoms with E-state index in [1.807, 2.05) is 38.1 Å². The van der Waals surface area contributed by atoms with Gasteiger partial charge in [0.25, 0.3) is 10.1 Å². The Kier molecular flexibility index (Phi) is 9.33. The molecule has 0 atom stereocenters. The summed E-state index contributed by atoms with van der Waals surface area (Å²) in [6, 6.07) is 10.0. The number of nitriles is 1. The molecule has 0 saturated carbocycles. The first kappa shape index (κ1) is 25.5. The minimum Gasteiger partial charge on any atom is -0.368 e. The molecule has 0 bridgehead atoms. The van der Waals surface area contributed by atoms with Crippen LogP contribution < -0.4 is 10.6 Å². The summed E-state index contributed by atoms with van der Waals surface area (Å²) in [5.74, 6) is 1.76. The number of fused-ring (bicyclic) bond motifs is 1. The van der Waals surface area contributed by atoms with E-state index >= 15 is 0 Å². The van der Waals surface area contributed by atoms with Gasteiger partial charge in [-0.1, -0.05) is 12.1 Å². The van der Waals surface area contributed by atoms with Crippen LogP contribution in [0.5, 0.6) is 0 Å². The Labute approximate surface area is 196 Å². The van der Waals surface area contributed by atoms with Gasteiger partial charge in [0.15, 0.2) is 10.8 Å². The molecule has 2 heterocycles. The minimum absolute atomic E-state index is 0.460. The Balaban J connectivity index is 0.000000654. The van der Waals surface area contributed by atoms with Gasteiger partial charge in [0.05, 0.1) is 17.3 Å². The lowest BCUT2D eigenvalue weighted by molar-refractivity contribution is 0.490. The fourth-order valence-electron chi connectivity index (χ4n) is 2.59. The first-order chi connectivity index (χ1) is 15.2. The van der Waals surface area contributed by atoms with Gasteiger partial charge in [0, 0.05) is 29.8 Å². The average molecular weight is 494 g/mol. The van der Waals surface area contributed by atoms with Gasteiger partial charge in [0.2, 0.25) is 0 Å². The molecule has 0 aliphatic heterocycles. The predicted octanol–water partition coefficient (Wildman–Crippen LogP) is 4.56. The lowest BCUT2D eigenvalue weighted by atomic mass is 10.1. The normalized spacial score (nSPS) is 11.1. The first-order valence-corrected chi connectivity index (χ1v) is 12.7. The molecule has 2 aromatic heterocycles. The largest absolute Gasteiger partial charge is 0.368 e. The number of pyridine rings is 1. The smallest absolute Gasteiger partial charge is 0.261 e. The van der Waals surface area contributed by atoms with Crippen molar-refractivity contribution in [1.82, 2.24) is 9.36 Å². The van der Waals surface area contributed by atoms with E-state index in [-0.39, 0.29) is 0 Å². The van der Waals surface area contributed by atoms with Gasteiger partial charge in [-0.3, -0.25) is 4.55 Å². The fraction of sp³-hybridized carbons (Fsp3) is 0.316. The van der Waals surface area contributed by atoms with Crippen LogP contribution in [0.25, 0.3) is 10.9 Å². The molecule has 0 spiro atoms. The van der Waals surface area contributed by atoms with Gasteiger partial charge in [-0.05, 0) is 37.5 Å². The molecule has 0 fully saturated rings. The van der Waals surface area contributed by atoms with Crippen molar-refractivity contribution < 1.29 is 13.0 Å². The third-order valence-electron chi connectivity index (χ3n) is 3.88. The summed E-state index contributed by atoms with van der Waals surface area (Å²) in [5, 5.41) is 26.4. The summed E-state index contributed by atoms with van der Waals surface area (Å²) in [5.41, 5.74) is 2.63. The number of hydrogen-bond donors (Lipinski definition) is 4. The van der Waals surface area contributed by atoms with Gasteiger partial charge in [-0.2, -0.15) is 30.7 Å². The van der Waals surface area contributed by atoms with Crippen molar-refractivity contribution in [3.05, 3.63) is 35.4 Å². The summed E-state index contributed by atoms with van der Waals surface area (Å²) in [7, 11) is -3.67. The van der Waals surface area contributed by atoms with Crippen LogP contribution in [0, 0.1) is 18.3 Å². The second kappa shape index (κ2) is 11.7. The molecule has 0 aliphatic carbocycles. The highest BCUT2D eigenvalue weighted by Crippen LogP contribution is 2.37.